The van der Waals surface area contributed by atoms with Crippen LogP contribution in [0.3, 0.4) is 0 Å². The highest BCUT2D eigenvalue weighted by Crippen LogP contribution is 2.32. The van der Waals surface area contributed by atoms with Crippen LogP contribution in [0, 0.1) is 6.92 Å². The molecule has 4 nitrogen and oxygen atoms in total. The van der Waals surface area contributed by atoms with Gasteiger partial charge in [-0.05, 0) is 34.0 Å². The van der Waals surface area contributed by atoms with E-state index in [0.29, 0.717) is 0 Å². The number of benzene rings is 1. The molecule has 0 saturated carbocycles. The van der Waals surface area contributed by atoms with Crippen LogP contribution in [-0.2, 0) is 6.54 Å². The molecule has 3 rings (SSSR count). The average molecular weight is 198 g/mol. The van der Waals surface area contributed by atoms with Crippen molar-refractivity contribution in [3.8, 4) is 11.4 Å². The molecule has 0 unspecified atom stereocenters. The highest BCUT2D eigenvalue weighted by Gasteiger charge is 2.23. The van der Waals surface area contributed by atoms with Gasteiger partial charge in [-0.25, -0.2) is 4.68 Å². The van der Waals surface area contributed by atoms with Gasteiger partial charge in [-0.15, -0.1) is 5.10 Å². The second-order valence-electron chi connectivity index (χ2n) is 3.67. The zero-order valence-electron chi connectivity index (χ0n) is 8.44. The minimum absolute atomic E-state index is 0.769. The van der Waals surface area contributed by atoms with Crippen molar-refractivity contribution in [3.05, 3.63) is 35.4 Å². The molecule has 15 heavy (non-hydrogen) atoms. The van der Waals surface area contributed by atoms with E-state index in [4.69, 9.17) is 0 Å². The average Bonchev–Trinajstić information content (AvgIpc) is 2.79. The number of hydrogen-bond acceptors (Lipinski definition) is 3. The molecule has 2 aromatic rings. The van der Waals surface area contributed by atoms with Gasteiger partial charge in [0.25, 0.3) is 0 Å². The van der Waals surface area contributed by atoms with Crippen molar-refractivity contribution in [2.24, 2.45) is 0 Å². The Bertz CT molecular complexity index is 554. The maximum Gasteiger partial charge on any atom is 0.182 e. The molecular formula is C11H10N4. The van der Waals surface area contributed by atoms with Crippen molar-refractivity contribution in [3.63, 3.8) is 0 Å². The van der Waals surface area contributed by atoms with Gasteiger partial charge in [-0.2, -0.15) is 0 Å². The topological polar surface area (TPSA) is 43.6 Å². The van der Waals surface area contributed by atoms with Crippen molar-refractivity contribution < 1.29 is 0 Å². The number of tetrazole rings is 1. The predicted octanol–water partition coefficient (Wildman–Crippen LogP) is 1.65. The molecule has 0 atom stereocenters. The van der Waals surface area contributed by atoms with Gasteiger partial charge in [0.15, 0.2) is 5.82 Å². The second kappa shape index (κ2) is 2.76. The van der Waals surface area contributed by atoms with Gasteiger partial charge in [0, 0.05) is 5.56 Å². The Kier molecular flexibility index (Phi) is 1.54. The zero-order chi connectivity index (χ0) is 10.4. The lowest BCUT2D eigenvalue weighted by Crippen LogP contribution is -1.97. The normalized spacial score (nSPS) is 12.3. The first-order chi connectivity index (χ1) is 7.31. The lowest BCUT2D eigenvalue weighted by molar-refractivity contribution is 0.668. The van der Waals surface area contributed by atoms with Crippen molar-refractivity contribution in [2.75, 3.05) is 0 Å². The van der Waals surface area contributed by atoms with E-state index in [1.54, 1.807) is 0 Å². The molecule has 74 valence electrons. The molecule has 1 aliphatic heterocycles. The van der Waals surface area contributed by atoms with Gasteiger partial charge in [0.05, 0.1) is 6.54 Å². The first-order valence-electron chi connectivity index (χ1n) is 4.82. The fourth-order valence-corrected chi connectivity index (χ4v) is 2.06. The van der Waals surface area contributed by atoms with E-state index < -0.39 is 0 Å². The summed E-state index contributed by atoms with van der Waals surface area (Å²) < 4.78 is 1.82. The predicted molar refractivity (Wildman–Crippen MR) is 57.2 cm³/mol. The summed E-state index contributed by atoms with van der Waals surface area (Å²) in [6, 6.07) is 4.13. The number of fused-ring (bicyclic) bond motifs is 3. The maximum absolute atomic E-state index is 4.01. The molecule has 0 fully saturated rings. The molecule has 1 aliphatic rings. The third kappa shape index (κ3) is 0.986. The summed E-state index contributed by atoms with van der Waals surface area (Å²) in [6.45, 7) is 6.68. The Morgan fingerprint density at radius 2 is 2.33 bits per heavy atom. The van der Waals surface area contributed by atoms with E-state index in [-0.39, 0.29) is 0 Å². The van der Waals surface area contributed by atoms with Crippen molar-refractivity contribution in [1.82, 2.24) is 20.2 Å². The van der Waals surface area contributed by atoms with E-state index in [9.17, 15) is 0 Å². The van der Waals surface area contributed by atoms with Gasteiger partial charge in [0.1, 0.15) is 0 Å². The molecule has 0 spiro atoms. The third-order valence-electron chi connectivity index (χ3n) is 2.94. The number of rotatable bonds is 1. The van der Waals surface area contributed by atoms with Crippen LogP contribution in [0.4, 0.5) is 0 Å². The largest absolute Gasteiger partial charge is 0.221 e. The summed E-state index contributed by atoms with van der Waals surface area (Å²) in [4.78, 5) is 0. The molecule has 0 bridgehead atoms. The van der Waals surface area contributed by atoms with Crippen molar-refractivity contribution in [1.29, 1.82) is 0 Å². The molecule has 0 aliphatic carbocycles. The maximum atomic E-state index is 4.01. The Hall–Kier alpha value is -1.97. The zero-order valence-corrected chi connectivity index (χ0v) is 8.44. The lowest BCUT2D eigenvalue weighted by Gasteiger charge is -2.05. The van der Waals surface area contributed by atoms with E-state index in [0.717, 1.165) is 17.9 Å². The van der Waals surface area contributed by atoms with Crippen LogP contribution in [0.25, 0.3) is 17.5 Å². The number of hydrogen-bond donors (Lipinski definition) is 0. The van der Waals surface area contributed by atoms with Gasteiger partial charge in [0.2, 0.25) is 0 Å². The third-order valence-corrected chi connectivity index (χ3v) is 2.94. The minimum Gasteiger partial charge on any atom is -0.221 e. The fourth-order valence-electron chi connectivity index (χ4n) is 2.06. The standard InChI is InChI=1S/C11H10N4/c1-3-8-4-5-9-10(7(8)2)6-15-11(9)12-13-14-15/h3-5H,1,6H2,2H3. The van der Waals surface area contributed by atoms with Gasteiger partial charge in [-0.3, -0.25) is 0 Å². The molecular weight excluding hydrogens is 188 g/mol. The Morgan fingerprint density at radius 1 is 1.47 bits per heavy atom. The second-order valence-corrected chi connectivity index (χ2v) is 3.67. The van der Waals surface area contributed by atoms with E-state index >= 15 is 0 Å². The van der Waals surface area contributed by atoms with Gasteiger partial charge in [-0.1, -0.05) is 24.8 Å². The van der Waals surface area contributed by atoms with Crippen LogP contribution in [-0.4, -0.2) is 20.2 Å². The summed E-state index contributed by atoms with van der Waals surface area (Å²) in [5, 5.41) is 11.6. The summed E-state index contributed by atoms with van der Waals surface area (Å²) in [7, 11) is 0. The molecule has 2 heterocycles. The smallest absolute Gasteiger partial charge is 0.182 e. The SMILES string of the molecule is C=Cc1ccc2c(c1C)Cn1nnnc1-2. The van der Waals surface area contributed by atoms with E-state index in [1.807, 2.05) is 10.8 Å². The first kappa shape index (κ1) is 8.35. The molecule has 4 heteroatoms. The molecule has 0 saturated heterocycles. The van der Waals surface area contributed by atoms with Crippen LogP contribution in [0.2, 0.25) is 0 Å². The highest BCUT2D eigenvalue weighted by molar-refractivity contribution is 5.70. The van der Waals surface area contributed by atoms with Crippen LogP contribution in [0.1, 0.15) is 16.7 Å². The lowest BCUT2D eigenvalue weighted by atomic mass is 9.98. The Labute approximate surface area is 87.2 Å². The van der Waals surface area contributed by atoms with Crippen LogP contribution < -0.4 is 0 Å². The summed E-state index contributed by atoms with van der Waals surface area (Å²) in [6.07, 6.45) is 1.88. The molecule has 0 N–H and O–H groups in total. The monoisotopic (exact) mass is 198 g/mol. The molecule has 1 aromatic carbocycles. The van der Waals surface area contributed by atoms with E-state index in [2.05, 4.69) is 41.2 Å². The van der Waals surface area contributed by atoms with Crippen LogP contribution >= 0.6 is 0 Å². The van der Waals surface area contributed by atoms with Crippen molar-refractivity contribution in [2.45, 2.75) is 13.5 Å². The fraction of sp³-hybridized carbons (Fsp3) is 0.182. The number of aromatic nitrogens is 4. The Balaban J connectivity index is 2.29. The van der Waals surface area contributed by atoms with E-state index in [1.165, 1.54) is 16.7 Å². The summed E-state index contributed by atoms with van der Waals surface area (Å²) >= 11 is 0. The minimum atomic E-state index is 0.769. The van der Waals surface area contributed by atoms with Crippen molar-refractivity contribution >= 4 is 6.08 Å². The molecule has 1 aromatic heterocycles. The van der Waals surface area contributed by atoms with Crippen LogP contribution in [0.5, 0.6) is 0 Å². The molecule has 0 radical (unpaired) electrons. The van der Waals surface area contributed by atoms with Gasteiger partial charge < -0.3 is 0 Å². The number of nitrogens with zero attached hydrogens (tertiary/aromatic N) is 4. The Morgan fingerprint density at radius 3 is 3.13 bits per heavy atom. The summed E-state index contributed by atoms with van der Waals surface area (Å²) in [5.41, 5.74) is 4.86. The molecule has 0 amide bonds. The highest BCUT2D eigenvalue weighted by atomic mass is 15.5. The first-order valence-corrected chi connectivity index (χ1v) is 4.82. The van der Waals surface area contributed by atoms with Crippen LogP contribution in [0.15, 0.2) is 18.7 Å². The summed E-state index contributed by atoms with van der Waals surface area (Å²) in [5.74, 6) is 0.865. The quantitative estimate of drug-likeness (QED) is 0.597. The van der Waals surface area contributed by atoms with Gasteiger partial charge >= 0.3 is 0 Å².